The Kier molecular flexibility index (Phi) is 27.1. The van der Waals surface area contributed by atoms with Crippen molar-refractivity contribution < 1.29 is 25.8 Å². The summed E-state index contributed by atoms with van der Waals surface area (Å²) in [6, 6.07) is 0. The van der Waals surface area contributed by atoms with Gasteiger partial charge < -0.3 is 22.3 Å². The average molecular weight is 303 g/mol. The molecule has 0 aromatic carbocycles. The summed E-state index contributed by atoms with van der Waals surface area (Å²) in [5, 5.41) is 0. The van der Waals surface area contributed by atoms with Crippen molar-refractivity contribution in [2.45, 2.75) is 13.3 Å². The van der Waals surface area contributed by atoms with Gasteiger partial charge in [0.15, 0.2) is 0 Å². The molecule has 0 nitrogen and oxygen atoms in total. The minimum Gasteiger partial charge on any atom is -0.358 e. The van der Waals surface area contributed by atoms with Gasteiger partial charge in [0.2, 0.25) is 0 Å². The summed E-state index contributed by atoms with van der Waals surface area (Å²) in [6.45, 7) is 2.06. The van der Waals surface area contributed by atoms with Gasteiger partial charge in [0, 0.05) is 0 Å². The quantitative estimate of drug-likeness (QED) is 0.477. The summed E-state index contributed by atoms with van der Waals surface area (Å²) >= 11 is 0. The van der Waals surface area contributed by atoms with Crippen LogP contribution in [0.1, 0.15) is 13.3 Å². The van der Waals surface area contributed by atoms with Crippen LogP contribution >= 0.6 is 0 Å². The molecule has 0 atom stereocenters. The zero-order valence-electron chi connectivity index (χ0n) is 7.36. The first-order valence-electron chi connectivity index (χ1n) is 2.13. The fourth-order valence-electron chi connectivity index (χ4n) is 0.515. The van der Waals surface area contributed by atoms with Crippen molar-refractivity contribution in [1.82, 2.24) is 0 Å². The van der Waals surface area contributed by atoms with Crippen LogP contribution in [0.2, 0.25) is 0 Å². The van der Waals surface area contributed by atoms with E-state index in [1.165, 1.54) is 5.57 Å². The van der Waals surface area contributed by atoms with Crippen LogP contribution in [0, 0.1) is 28.4 Å². The second kappa shape index (κ2) is 12.1. The van der Waals surface area contributed by atoms with Gasteiger partial charge in [-0.25, -0.2) is 11.6 Å². The van der Waals surface area contributed by atoms with E-state index in [0.29, 0.717) is 0 Å². The minimum atomic E-state index is 0. The Labute approximate surface area is 85.2 Å². The summed E-state index contributed by atoms with van der Waals surface area (Å²) in [5.74, 6) is 0. The Hall–Kier alpha value is 0.350. The predicted molar refractivity (Wildman–Crippen MR) is 45.4 cm³/mol. The van der Waals surface area contributed by atoms with Gasteiger partial charge in [0.1, 0.15) is 0 Å². The number of allylic oxidation sites excluding steroid dienone is 4. The van der Waals surface area contributed by atoms with Crippen molar-refractivity contribution in [1.29, 1.82) is 0 Å². The van der Waals surface area contributed by atoms with E-state index in [0.717, 1.165) is 6.42 Å². The van der Waals surface area contributed by atoms with Crippen LogP contribution in [0.25, 0.3) is 0 Å². The van der Waals surface area contributed by atoms with Crippen LogP contribution in [0.3, 0.4) is 0 Å². The fourth-order valence-corrected chi connectivity index (χ4v) is 0.515. The molecule has 0 fully saturated rings. The Morgan fingerprint density at radius 3 is 1.90 bits per heavy atom. The molecule has 0 spiro atoms. The third-order valence-electron chi connectivity index (χ3n) is 0.867. The maximum Gasteiger partial charge on any atom is 4.00 e. The van der Waals surface area contributed by atoms with E-state index in [9.17, 15) is 0 Å². The third-order valence-corrected chi connectivity index (χ3v) is 0.867. The van der Waals surface area contributed by atoms with Crippen LogP contribution in [-0.4, -0.2) is 0 Å². The molecule has 1 heteroatoms. The van der Waals surface area contributed by atoms with Crippen LogP contribution in [0.5, 0.6) is 0 Å². The Morgan fingerprint density at radius 1 is 1.30 bits per heavy atom. The molecule has 0 aromatic rings. The molecule has 0 heterocycles. The Morgan fingerprint density at radius 2 is 1.80 bits per heavy atom. The Balaban J connectivity index is -0.0000000450. The molecule has 56 valence electrons. The molecule has 1 aliphatic carbocycles. The van der Waals surface area contributed by atoms with Crippen molar-refractivity contribution in [3.05, 3.63) is 46.1 Å². The van der Waals surface area contributed by atoms with Gasteiger partial charge in [-0.1, -0.05) is 6.92 Å². The molecule has 0 amide bonds. The van der Waals surface area contributed by atoms with Gasteiger partial charge in [-0.05, 0) is 0 Å². The zero-order valence-corrected chi connectivity index (χ0v) is 11.0. The van der Waals surface area contributed by atoms with Crippen molar-refractivity contribution >= 4 is 0 Å². The molecule has 1 aliphatic rings. The molecule has 1 rings (SSSR count). The van der Waals surface area contributed by atoms with E-state index in [2.05, 4.69) is 25.2 Å². The Bertz CT molecular complexity index is 98.5. The molecule has 10 heavy (non-hydrogen) atoms. The van der Waals surface area contributed by atoms with Gasteiger partial charge in [-0.2, -0.15) is 6.08 Å². The molecular formula is C9H16Hf. The number of hydrogen-bond donors (Lipinski definition) is 0. The summed E-state index contributed by atoms with van der Waals surface area (Å²) in [7, 11) is 0. The normalized spacial score (nSPS) is 11.1. The molecule has 0 unspecified atom stereocenters. The number of rotatable bonds is 0. The topological polar surface area (TPSA) is 0 Å². The summed E-state index contributed by atoms with van der Waals surface area (Å²) in [4.78, 5) is 0. The molecular weight excluding hydrogens is 287 g/mol. The van der Waals surface area contributed by atoms with Crippen molar-refractivity contribution in [2.24, 2.45) is 0 Å². The molecule has 0 bridgehead atoms. The van der Waals surface area contributed by atoms with Crippen LogP contribution < -0.4 is 0 Å². The second-order valence-electron chi connectivity index (χ2n) is 1.47. The van der Waals surface area contributed by atoms with Crippen molar-refractivity contribution in [3.8, 4) is 0 Å². The molecule has 0 aromatic heterocycles. The molecule has 0 aliphatic heterocycles. The van der Waals surface area contributed by atoms with E-state index >= 15 is 0 Å². The fraction of sp³-hybridized carbons (Fsp3) is 0.222. The van der Waals surface area contributed by atoms with Gasteiger partial charge >= 0.3 is 25.8 Å². The largest absolute Gasteiger partial charge is 4.00 e. The zero-order chi connectivity index (χ0) is 4.41. The van der Waals surface area contributed by atoms with E-state index in [1.54, 1.807) is 0 Å². The van der Waals surface area contributed by atoms with E-state index in [-0.39, 0.29) is 48.1 Å². The maximum absolute atomic E-state index is 3.12. The van der Waals surface area contributed by atoms with Gasteiger partial charge in [0.05, 0.1) is 0 Å². The summed E-state index contributed by atoms with van der Waals surface area (Å²) in [5.41, 5.74) is 1.27. The van der Waals surface area contributed by atoms with Gasteiger partial charge in [-0.15, -0.1) is 6.42 Å². The van der Waals surface area contributed by atoms with E-state index in [4.69, 9.17) is 0 Å². The predicted octanol–water partition coefficient (Wildman–Crippen LogP) is 3.04. The molecule has 0 saturated carbocycles. The standard InChI is InChI=1S/C6H7.3CH3.Hf/c1-6-4-2-3-5-6;;;;/h2,4H,3H2,1H3;3*1H3;/q4*-1;+4. The monoisotopic (exact) mass is 304 g/mol. The second-order valence-corrected chi connectivity index (χ2v) is 1.47. The minimum absolute atomic E-state index is 0. The van der Waals surface area contributed by atoms with Crippen LogP contribution in [0.4, 0.5) is 0 Å². The molecule has 0 radical (unpaired) electrons. The van der Waals surface area contributed by atoms with Crippen LogP contribution in [-0.2, 0) is 25.8 Å². The maximum atomic E-state index is 3.12. The van der Waals surface area contributed by atoms with Crippen molar-refractivity contribution in [3.63, 3.8) is 0 Å². The first-order chi connectivity index (χ1) is 2.89. The third kappa shape index (κ3) is 8.35. The molecule has 0 saturated heterocycles. The van der Waals surface area contributed by atoms with Crippen molar-refractivity contribution in [2.75, 3.05) is 0 Å². The van der Waals surface area contributed by atoms with E-state index in [1.807, 2.05) is 0 Å². The van der Waals surface area contributed by atoms with E-state index < -0.39 is 0 Å². The first-order valence-corrected chi connectivity index (χ1v) is 2.13. The average Bonchev–Trinajstić information content (AvgIpc) is 1.86. The molecule has 0 N–H and O–H groups in total. The summed E-state index contributed by atoms with van der Waals surface area (Å²) in [6.07, 6.45) is 8.33. The summed E-state index contributed by atoms with van der Waals surface area (Å²) < 4.78 is 0. The first kappa shape index (κ1) is 22.4. The van der Waals surface area contributed by atoms with Gasteiger partial charge in [0.25, 0.3) is 0 Å². The van der Waals surface area contributed by atoms with Crippen LogP contribution in [0.15, 0.2) is 17.7 Å². The SMILES string of the molecule is CC1=[C-]CC=C1.[CH3-].[CH3-].[CH3-].[Hf+4]. The number of hydrogen-bond acceptors (Lipinski definition) is 0. The van der Waals surface area contributed by atoms with Gasteiger partial charge in [-0.3, -0.25) is 6.08 Å². The smallest absolute Gasteiger partial charge is 0.358 e.